The molecule has 4 unspecified atom stereocenters. The van der Waals surface area contributed by atoms with E-state index in [1.54, 1.807) is 6.07 Å². The first-order chi connectivity index (χ1) is 64.9. The smallest absolute Gasteiger partial charge is 0.543 e. The molecule has 0 spiro atoms. The second kappa shape index (κ2) is 45.6. The number of piperidine rings is 1. The molecule has 137 heavy (non-hydrogen) atoms. The normalized spacial score (nSPS) is 20.0. The van der Waals surface area contributed by atoms with E-state index in [1.165, 1.54) is 54.2 Å². The molecule has 9 aromatic rings. The van der Waals surface area contributed by atoms with Crippen molar-refractivity contribution in [2.24, 2.45) is 11.7 Å². The Morgan fingerprint density at radius 3 is 1.23 bits per heavy atom. The van der Waals surface area contributed by atoms with Gasteiger partial charge in [-0.2, -0.15) is 20.2 Å². The van der Waals surface area contributed by atoms with Crippen LogP contribution < -0.4 is 75.1 Å². The summed E-state index contributed by atoms with van der Waals surface area (Å²) in [4.78, 5) is 106. The van der Waals surface area contributed by atoms with Gasteiger partial charge in [-0.3, -0.25) is 24.2 Å². The van der Waals surface area contributed by atoms with Crippen molar-refractivity contribution in [2.75, 3.05) is 141 Å². The van der Waals surface area contributed by atoms with E-state index in [0.29, 0.717) is 108 Å². The summed E-state index contributed by atoms with van der Waals surface area (Å²) in [6.07, 6.45) is 6.40. The molecule has 6 aromatic carbocycles. The summed E-state index contributed by atoms with van der Waals surface area (Å²) in [6.45, 7) is 34.7. The van der Waals surface area contributed by atoms with Crippen LogP contribution in [0.15, 0.2) is 165 Å². The quantitative estimate of drug-likeness (QED) is 0.0305. The second-order valence-corrected chi connectivity index (χ2v) is 37.4. The van der Waals surface area contributed by atoms with E-state index in [1.807, 2.05) is 50.8 Å². The summed E-state index contributed by atoms with van der Waals surface area (Å²) in [7, 11) is 0. The van der Waals surface area contributed by atoms with Gasteiger partial charge in [-0.15, -0.1) is 0 Å². The number of hydrogen-bond acceptors (Lipinski definition) is 24. The zero-order chi connectivity index (χ0) is 97.7. The van der Waals surface area contributed by atoms with Crippen LogP contribution in [0, 0.1) is 60.7 Å². The molecule has 0 radical (unpaired) electrons. The van der Waals surface area contributed by atoms with Gasteiger partial charge in [-0.25, -0.2) is 33.3 Å². The Balaban J connectivity index is 0.000000171. The number of benzene rings is 6. The number of nitrogens with zero attached hydrogens (tertiary/aromatic N) is 16. The molecule has 5 fully saturated rings. The third-order valence-electron chi connectivity index (χ3n) is 26.7. The molecule has 33 heteroatoms. The van der Waals surface area contributed by atoms with Crippen LogP contribution in [-0.2, 0) is 53.3 Å². The number of aromatic nitrogens is 3. The first-order valence-electron chi connectivity index (χ1n) is 46.3. The van der Waals surface area contributed by atoms with Crippen molar-refractivity contribution >= 4 is 102 Å². The first kappa shape index (κ1) is 103. The van der Waals surface area contributed by atoms with E-state index in [2.05, 4.69) is 205 Å². The molecule has 0 saturated carbocycles. The number of piperazine rings is 2. The predicted molar refractivity (Wildman–Crippen MR) is 518 cm³/mol. The number of rotatable bonds is 20. The van der Waals surface area contributed by atoms with Crippen LogP contribution in [0.4, 0.5) is 47.3 Å². The van der Waals surface area contributed by atoms with Gasteiger partial charge >= 0.3 is 41.5 Å². The monoisotopic (exact) mass is 1880 g/mol. The second-order valence-electron chi connectivity index (χ2n) is 37.4. The third-order valence-corrected chi connectivity index (χ3v) is 26.7. The maximum Gasteiger partial charge on any atom is 1.00 e. The van der Waals surface area contributed by atoms with Gasteiger partial charge in [0.1, 0.15) is 5.69 Å². The fraction of sp³-hybridized carbons (Fsp3) is 0.423. The van der Waals surface area contributed by atoms with Gasteiger partial charge < -0.3 is 80.6 Å². The third kappa shape index (κ3) is 25.1. The van der Waals surface area contributed by atoms with Gasteiger partial charge in [0.2, 0.25) is 5.83 Å². The van der Waals surface area contributed by atoms with Crippen LogP contribution in [0.5, 0.6) is 0 Å². The van der Waals surface area contributed by atoms with E-state index >= 15 is 0 Å². The van der Waals surface area contributed by atoms with Crippen molar-refractivity contribution in [3.8, 4) is 18.2 Å². The van der Waals surface area contributed by atoms with Crippen molar-refractivity contribution in [1.82, 2.24) is 39.9 Å². The number of β-amino-alcohol motifs (C(OH)–C–C–N with tert-alkyl or cyclic N) is 2. The zero-order valence-corrected chi connectivity index (χ0v) is 81.4. The summed E-state index contributed by atoms with van der Waals surface area (Å²) in [5.74, 6) is -8.96. The Morgan fingerprint density at radius 1 is 0.504 bits per heavy atom. The Hall–Kier alpha value is -12.6. The van der Waals surface area contributed by atoms with Crippen LogP contribution in [0.1, 0.15) is 155 Å². The van der Waals surface area contributed by atoms with Crippen LogP contribution in [0.25, 0.3) is 32.3 Å². The van der Waals surface area contributed by atoms with Crippen molar-refractivity contribution in [1.29, 1.82) is 15.8 Å². The maximum atomic E-state index is 13.9. The number of aryl methyl sites for hydroxylation is 3. The van der Waals surface area contributed by atoms with Gasteiger partial charge in [0, 0.05) is 197 Å². The number of aliphatic carboxylic acids is 1. The van der Waals surface area contributed by atoms with Gasteiger partial charge in [0.15, 0.2) is 17.3 Å². The average Bonchev–Trinajstić information content (AvgIpc) is 0.914. The minimum atomic E-state index is -1.60. The van der Waals surface area contributed by atoms with Crippen LogP contribution in [0.3, 0.4) is 0 Å². The molecule has 8 aliphatic rings. The van der Waals surface area contributed by atoms with E-state index in [4.69, 9.17) is 21.1 Å². The van der Waals surface area contributed by atoms with Crippen LogP contribution in [0.2, 0.25) is 0 Å². The Bertz CT molecular complexity index is 6170. The van der Waals surface area contributed by atoms with Crippen molar-refractivity contribution in [2.45, 2.75) is 168 Å². The number of amides is 3. The topological polar surface area (TPSA) is 387 Å². The summed E-state index contributed by atoms with van der Waals surface area (Å²) in [5, 5.41) is 87.5. The Morgan fingerprint density at radius 2 is 0.869 bits per heavy atom. The molecule has 0 aliphatic carbocycles. The number of halogens is 3. The first-order valence-corrected chi connectivity index (χ1v) is 46.3. The minimum Gasteiger partial charge on any atom is -0.543 e. The van der Waals surface area contributed by atoms with Gasteiger partial charge in [-0.1, -0.05) is 111 Å². The van der Waals surface area contributed by atoms with Gasteiger partial charge in [0.05, 0.1) is 103 Å². The number of nitrogens with two attached hydrogens (primary N) is 1. The molecule has 3 amide bonds. The number of nitrogens with one attached hydrogen (secondary N) is 1. The summed E-state index contributed by atoms with van der Waals surface area (Å²) >= 11 is 0. The maximum absolute atomic E-state index is 13.9. The molecule has 714 valence electrons. The van der Waals surface area contributed by atoms with Crippen LogP contribution >= 0.6 is 0 Å². The van der Waals surface area contributed by atoms with Crippen molar-refractivity contribution < 1.29 is 97.0 Å². The number of carboxylic acids is 3. The number of nitriles is 3. The zero-order valence-electron chi connectivity index (χ0n) is 79.4. The molecule has 29 nitrogen and oxygen atoms in total. The molecule has 7 N–H and O–H groups in total. The number of carboxylic acid groups (broad SMARTS) is 3. The predicted octanol–water partition coefficient (Wildman–Crippen LogP) is 9.26. The van der Waals surface area contributed by atoms with Crippen LogP contribution in [-0.4, -0.2) is 237 Å². The Kier molecular flexibility index (Phi) is 34.4. The van der Waals surface area contributed by atoms with E-state index in [9.17, 15) is 72.9 Å². The van der Waals surface area contributed by atoms with Crippen molar-refractivity contribution in [3.63, 3.8) is 0 Å². The SMILES string of the molecule is C=C(F)C(=O)N1CCN(c2cc(C(=O)NC(C)CN3CCC(C)(O)C3)nc3c2CCN(c2cccc4cccc(C)c24)C3)C[C@@H]1CC#N.C=C(F)C(=O)N1CCN(c2cc(C(=O)[O-])nc3c2CCN(c2cccc4cccc(C)c24)C3)C[C@@H]1CC#N.C=C(F)C(=O)O.CC(N)CN1CCC(C)(O)C1.Cc1cccc2cccc(N3CCc4c(N5CCC[C@@H](CC#N)C5)cc(C(=O)O)nc4C3)c12.[Na+]. The number of carbonyl (C=O) groups is 6. The molecule has 8 aliphatic heterocycles. The van der Waals surface area contributed by atoms with E-state index in [0.717, 1.165) is 145 Å². The molecule has 0 bridgehead atoms. The number of aromatic carboxylic acids is 2. The summed E-state index contributed by atoms with van der Waals surface area (Å²) in [6, 6.07) is 48.3. The number of anilines is 6. The molecule has 11 heterocycles. The average molecular weight is 1880 g/mol. The van der Waals surface area contributed by atoms with Crippen molar-refractivity contribution in [3.05, 3.63) is 232 Å². The number of hydrogen-bond donors (Lipinski definition) is 6. The molecular formula is C104H120F3N18NaO11. The van der Waals surface area contributed by atoms with E-state index < -0.39 is 70.5 Å². The number of carbonyl (C=O) groups excluding carboxylic acids is 4. The number of likely N-dealkylation sites (tertiary alicyclic amines) is 2. The molecule has 17 rings (SSSR count). The molecule has 7 atom stereocenters. The largest absolute Gasteiger partial charge is 1.00 e. The number of pyridine rings is 3. The van der Waals surface area contributed by atoms with Gasteiger partial charge in [-0.05, 0) is 169 Å². The standard InChI is InChI=1S/C37H44FN7O3.C29H28FN5O3.C27H28N4O2.C8H18N2O.C3H3FO2.Na/c1-24-7-5-8-27-9-6-10-32(34(24)27)43-15-12-29-31(22-43)41-30(35(46)40-25(2)20-42-16-13-37(4,48)23-42)19-33(29)44-17-18-45(36(47)26(3)38)28(21-44)11-14-39;1-18-5-3-6-20-7-4-8-25(27(18)20)33-12-10-22-24(17-33)32-23(29(37)38)15-26(22)34-13-14-35(28(36)19(2)30)21(16-34)9-11-31;1-18-5-2-7-20-8-3-9-24(26(18)20)31-14-11-21-23(17-31)29-22(27(32)33)15-25(21)30-13-4-6-19(16-30)10-12-28;1-7(9)5-10-4-3-8(2,11)6-10;1-2(4)3(5)6;/h5-10,19,25,28,48H,3,11-13,15-18,20-23H2,1-2,4H3,(H,40,46);3-8,15,21H,2,9-10,12-14,16-17H2,1H3,(H,37,38);2-3,5,7-9,15,19H,4,6,10-11,13-14,16-17H2,1H3,(H,32,33);7,11H,3-6,9H2,1-2H3;1H2,(H,5,6);/q;;;;;+1/p-1/t25?,28-,37?;21-;19-;;;/m000.../s1. The molecular weight excluding hydrogens is 1760 g/mol. The fourth-order valence-corrected chi connectivity index (χ4v) is 20.3. The number of fused-ring (bicyclic) bond motifs is 6. The Labute approximate surface area is 819 Å². The summed E-state index contributed by atoms with van der Waals surface area (Å²) in [5.41, 5.74) is 19.6. The number of aliphatic hydroxyl groups is 2. The molecule has 3 aromatic heterocycles. The summed E-state index contributed by atoms with van der Waals surface area (Å²) < 4.78 is 38.5. The minimum absolute atomic E-state index is 0. The fourth-order valence-electron chi connectivity index (χ4n) is 20.3. The van der Waals surface area contributed by atoms with E-state index in [-0.39, 0.29) is 91.4 Å². The van der Waals surface area contributed by atoms with Gasteiger partial charge in [0.25, 0.3) is 17.7 Å². The molecule has 5 saturated heterocycles.